The van der Waals surface area contributed by atoms with Crippen molar-refractivity contribution >= 4 is 27.3 Å². The Balaban J connectivity index is 2.44. The molecule has 5 nitrogen and oxygen atoms in total. The van der Waals surface area contributed by atoms with Gasteiger partial charge in [-0.05, 0) is 28.4 Å². The molecule has 2 rings (SSSR count). The van der Waals surface area contributed by atoms with Gasteiger partial charge in [-0.2, -0.15) is 0 Å². The largest absolute Gasteiger partial charge is 0.391 e. The van der Waals surface area contributed by atoms with Gasteiger partial charge >= 0.3 is 0 Å². The lowest BCUT2D eigenvalue weighted by Crippen LogP contribution is -2.22. The smallest absolute Gasteiger partial charge is 0.295 e. The van der Waals surface area contributed by atoms with Crippen molar-refractivity contribution in [3.05, 3.63) is 32.5 Å². The number of β-amino-alcohol motifs (C(OH)–C–C–N with tert-alkyl or cyclic N) is 1. The molecule has 1 saturated heterocycles. The monoisotopic (exact) mass is 304 g/mol. The first-order valence-electron chi connectivity index (χ1n) is 5.05. The van der Waals surface area contributed by atoms with Crippen LogP contribution in [0.4, 0.5) is 15.8 Å². The number of halogens is 2. The van der Waals surface area contributed by atoms with Crippen LogP contribution in [0.5, 0.6) is 0 Å². The summed E-state index contributed by atoms with van der Waals surface area (Å²) < 4.78 is 13.4. The van der Waals surface area contributed by atoms with E-state index in [1.165, 1.54) is 6.07 Å². The van der Waals surface area contributed by atoms with Crippen molar-refractivity contribution in [3.63, 3.8) is 0 Å². The molecule has 7 heteroatoms. The molecule has 1 fully saturated rings. The highest BCUT2D eigenvalue weighted by Crippen LogP contribution is 2.35. The van der Waals surface area contributed by atoms with E-state index in [0.717, 1.165) is 6.07 Å². The molecule has 1 aliphatic heterocycles. The molecule has 1 aromatic rings. The van der Waals surface area contributed by atoms with E-state index in [4.69, 9.17) is 0 Å². The summed E-state index contributed by atoms with van der Waals surface area (Å²) in [5.41, 5.74) is 0.0552. The average Bonchev–Trinajstić information content (AvgIpc) is 2.68. The number of nitrogens with zero attached hydrogens (tertiary/aromatic N) is 2. The summed E-state index contributed by atoms with van der Waals surface area (Å²) in [6.45, 7) is 0.860. The van der Waals surface area contributed by atoms with Gasteiger partial charge < -0.3 is 10.0 Å². The van der Waals surface area contributed by atoms with Crippen LogP contribution in [0, 0.1) is 15.9 Å². The minimum absolute atomic E-state index is 0.180. The van der Waals surface area contributed by atoms with Gasteiger partial charge in [0.25, 0.3) is 5.69 Å². The van der Waals surface area contributed by atoms with Gasteiger partial charge in [0.1, 0.15) is 11.5 Å². The summed E-state index contributed by atoms with van der Waals surface area (Å²) in [6, 6.07) is 2.27. The van der Waals surface area contributed by atoms with Crippen molar-refractivity contribution in [1.29, 1.82) is 0 Å². The molecule has 0 aromatic heterocycles. The fourth-order valence-corrected chi connectivity index (χ4v) is 2.22. The Morgan fingerprint density at radius 2 is 2.29 bits per heavy atom. The second-order valence-electron chi connectivity index (χ2n) is 3.90. The fourth-order valence-electron chi connectivity index (χ4n) is 1.89. The van der Waals surface area contributed by atoms with Crippen LogP contribution in [0.3, 0.4) is 0 Å². The maximum absolute atomic E-state index is 13.3. The Hall–Kier alpha value is -1.21. The van der Waals surface area contributed by atoms with Gasteiger partial charge in [0.05, 0.1) is 21.6 Å². The maximum Gasteiger partial charge on any atom is 0.295 e. The highest BCUT2D eigenvalue weighted by molar-refractivity contribution is 9.10. The van der Waals surface area contributed by atoms with E-state index < -0.39 is 16.8 Å². The third-order valence-electron chi connectivity index (χ3n) is 2.72. The minimum atomic E-state index is -0.666. The zero-order valence-electron chi connectivity index (χ0n) is 8.77. The summed E-state index contributed by atoms with van der Waals surface area (Å²) >= 11 is 3.00. The van der Waals surface area contributed by atoms with Gasteiger partial charge in [0, 0.05) is 13.1 Å². The number of nitro benzene ring substituents is 1. The first-order chi connectivity index (χ1) is 7.99. The second kappa shape index (κ2) is 4.58. The Bertz CT molecular complexity index is 469. The number of anilines is 1. The molecule has 17 heavy (non-hydrogen) atoms. The van der Waals surface area contributed by atoms with E-state index >= 15 is 0 Å². The first kappa shape index (κ1) is 12.3. The number of aliphatic hydroxyl groups is 1. The van der Waals surface area contributed by atoms with Crippen molar-refractivity contribution in [1.82, 2.24) is 0 Å². The summed E-state index contributed by atoms with van der Waals surface area (Å²) in [5, 5.41) is 20.3. The van der Waals surface area contributed by atoms with Crippen molar-refractivity contribution < 1.29 is 14.4 Å². The minimum Gasteiger partial charge on any atom is -0.391 e. The molecule has 1 aromatic carbocycles. The molecule has 1 atom stereocenters. The standard InChI is InChI=1S/C10H10BrFN2O3/c11-7-3-9(13-2-1-6(15)5-13)10(14(16)17)4-8(7)12/h3-4,6,15H,1-2,5H2. The molecule has 0 bridgehead atoms. The number of hydrogen-bond acceptors (Lipinski definition) is 4. The number of rotatable bonds is 2. The van der Waals surface area contributed by atoms with Crippen LogP contribution in [0.2, 0.25) is 0 Å². The maximum atomic E-state index is 13.3. The lowest BCUT2D eigenvalue weighted by molar-refractivity contribution is -0.384. The molecule has 0 amide bonds. The molecule has 0 spiro atoms. The highest BCUT2D eigenvalue weighted by Gasteiger charge is 2.27. The number of nitro groups is 1. The van der Waals surface area contributed by atoms with Crippen molar-refractivity contribution in [3.8, 4) is 0 Å². The number of benzene rings is 1. The van der Waals surface area contributed by atoms with Crippen LogP contribution in [-0.4, -0.2) is 29.2 Å². The third-order valence-corrected chi connectivity index (χ3v) is 3.33. The third kappa shape index (κ3) is 2.39. The van der Waals surface area contributed by atoms with Crippen LogP contribution in [0.15, 0.2) is 16.6 Å². The zero-order valence-corrected chi connectivity index (χ0v) is 10.4. The molecule has 1 unspecified atom stereocenters. The van der Waals surface area contributed by atoms with E-state index in [0.29, 0.717) is 25.2 Å². The second-order valence-corrected chi connectivity index (χ2v) is 4.75. The predicted octanol–water partition coefficient (Wildman–Crippen LogP) is 2.07. The Morgan fingerprint density at radius 3 is 2.82 bits per heavy atom. The lowest BCUT2D eigenvalue weighted by atomic mass is 10.2. The van der Waals surface area contributed by atoms with E-state index in [-0.39, 0.29) is 10.2 Å². The van der Waals surface area contributed by atoms with Gasteiger partial charge in [0.15, 0.2) is 0 Å². The molecule has 1 aliphatic rings. The van der Waals surface area contributed by atoms with Crippen LogP contribution < -0.4 is 4.90 Å². The normalized spacial score (nSPS) is 19.7. The van der Waals surface area contributed by atoms with Crippen molar-refractivity contribution in [2.24, 2.45) is 0 Å². The van der Waals surface area contributed by atoms with E-state index in [9.17, 15) is 19.6 Å². The number of aliphatic hydroxyl groups excluding tert-OH is 1. The quantitative estimate of drug-likeness (QED) is 0.671. The number of hydrogen-bond donors (Lipinski definition) is 1. The van der Waals surface area contributed by atoms with Gasteiger partial charge in [-0.15, -0.1) is 0 Å². The first-order valence-corrected chi connectivity index (χ1v) is 5.85. The van der Waals surface area contributed by atoms with E-state index in [1.807, 2.05) is 0 Å². The lowest BCUT2D eigenvalue weighted by Gasteiger charge is -2.18. The molecular weight excluding hydrogens is 295 g/mol. The summed E-state index contributed by atoms with van der Waals surface area (Å²) in [7, 11) is 0. The van der Waals surface area contributed by atoms with E-state index in [1.54, 1.807) is 4.90 Å². The van der Waals surface area contributed by atoms with Gasteiger partial charge in [-0.25, -0.2) is 4.39 Å². The van der Waals surface area contributed by atoms with Crippen molar-refractivity contribution in [2.75, 3.05) is 18.0 Å². The summed E-state index contributed by atoms with van der Waals surface area (Å²) in [4.78, 5) is 11.9. The summed E-state index contributed by atoms with van der Waals surface area (Å²) in [5.74, 6) is -0.666. The van der Waals surface area contributed by atoms with Gasteiger partial charge in [0.2, 0.25) is 0 Å². The molecule has 0 radical (unpaired) electrons. The van der Waals surface area contributed by atoms with Crippen molar-refractivity contribution in [2.45, 2.75) is 12.5 Å². The summed E-state index contributed by atoms with van der Waals surface area (Å²) in [6.07, 6.45) is 0.0741. The topological polar surface area (TPSA) is 66.6 Å². The molecule has 1 N–H and O–H groups in total. The fraction of sp³-hybridized carbons (Fsp3) is 0.400. The van der Waals surface area contributed by atoms with E-state index in [2.05, 4.69) is 15.9 Å². The SMILES string of the molecule is O=[N+]([O-])c1cc(F)c(Br)cc1N1CCC(O)C1. The Labute approximate surface area is 105 Å². The Morgan fingerprint density at radius 1 is 1.59 bits per heavy atom. The molecular formula is C10H10BrFN2O3. The predicted molar refractivity (Wildman–Crippen MR) is 63.6 cm³/mol. The van der Waals surface area contributed by atoms with Crippen LogP contribution >= 0.6 is 15.9 Å². The Kier molecular flexibility index (Phi) is 3.30. The molecule has 0 aliphatic carbocycles. The molecule has 1 heterocycles. The van der Waals surface area contributed by atoms with Gasteiger partial charge in [-0.1, -0.05) is 0 Å². The average molecular weight is 305 g/mol. The van der Waals surface area contributed by atoms with Gasteiger partial charge in [-0.3, -0.25) is 10.1 Å². The molecule has 0 saturated carbocycles. The zero-order chi connectivity index (χ0) is 12.6. The van der Waals surface area contributed by atoms with Crippen LogP contribution in [-0.2, 0) is 0 Å². The van der Waals surface area contributed by atoms with Crippen LogP contribution in [0.25, 0.3) is 0 Å². The van der Waals surface area contributed by atoms with Crippen LogP contribution in [0.1, 0.15) is 6.42 Å². The highest BCUT2D eigenvalue weighted by atomic mass is 79.9. The molecule has 92 valence electrons.